The van der Waals surface area contributed by atoms with Gasteiger partial charge in [0.05, 0.1) is 21.8 Å². The summed E-state index contributed by atoms with van der Waals surface area (Å²) >= 11 is 1.22. The van der Waals surface area contributed by atoms with Crippen LogP contribution in [0.15, 0.2) is 65.1 Å². The number of carbonyl (C=O) groups excluding carboxylic acids is 2. The molecule has 0 radical (unpaired) electrons. The third-order valence-electron chi connectivity index (χ3n) is 4.69. The lowest BCUT2D eigenvalue weighted by atomic mass is 10.1. The smallest absolute Gasteiger partial charge is 0.262 e. The molecule has 3 aromatic rings. The number of rotatable bonds is 6. The summed E-state index contributed by atoms with van der Waals surface area (Å²) in [4.78, 5) is 42.0. The highest BCUT2D eigenvalue weighted by atomic mass is 32.2. The van der Waals surface area contributed by atoms with Gasteiger partial charge in [0.2, 0.25) is 0 Å². The van der Waals surface area contributed by atoms with Crippen LogP contribution >= 0.6 is 11.8 Å². The number of ether oxygens (including phenoxy) is 1. The summed E-state index contributed by atoms with van der Waals surface area (Å²) in [6.45, 7) is 5.74. The van der Waals surface area contributed by atoms with E-state index in [4.69, 9.17) is 4.74 Å². The molecule has 30 heavy (non-hydrogen) atoms. The number of benzene rings is 2. The lowest BCUT2D eigenvalue weighted by molar-refractivity contribution is -0.118. The molecule has 1 aliphatic rings. The minimum atomic E-state index is -0.507. The molecule has 1 aliphatic heterocycles. The van der Waals surface area contributed by atoms with Crippen molar-refractivity contribution in [2.75, 3.05) is 11.9 Å². The first kappa shape index (κ1) is 19.9. The zero-order chi connectivity index (χ0) is 21.3. The Morgan fingerprint density at radius 1 is 1.33 bits per heavy atom. The second-order valence-corrected chi connectivity index (χ2v) is 8.10. The average Bonchev–Trinajstić information content (AvgIpc) is 2.75. The van der Waals surface area contributed by atoms with Crippen LogP contribution in [0.5, 0.6) is 5.75 Å². The number of amides is 1. The Morgan fingerprint density at radius 3 is 2.93 bits per heavy atom. The maximum atomic E-state index is 13.0. The number of aromatic nitrogens is 2. The third kappa shape index (κ3) is 3.73. The Balaban J connectivity index is 1.65. The van der Waals surface area contributed by atoms with E-state index >= 15 is 0 Å². The van der Waals surface area contributed by atoms with Crippen molar-refractivity contribution in [2.24, 2.45) is 0 Å². The molecular formula is C22H19N3O4S. The van der Waals surface area contributed by atoms with E-state index in [0.717, 1.165) is 0 Å². The quantitative estimate of drug-likeness (QED) is 0.284. The Morgan fingerprint density at radius 2 is 2.13 bits per heavy atom. The summed E-state index contributed by atoms with van der Waals surface area (Å²) < 4.78 is 6.86. The van der Waals surface area contributed by atoms with Crippen molar-refractivity contribution in [2.45, 2.75) is 23.9 Å². The van der Waals surface area contributed by atoms with E-state index in [1.807, 2.05) is 6.07 Å². The highest BCUT2D eigenvalue weighted by molar-refractivity contribution is 8.00. The van der Waals surface area contributed by atoms with Crippen LogP contribution in [0.3, 0.4) is 0 Å². The number of fused-ring (bicyclic) bond motifs is 2. The van der Waals surface area contributed by atoms with Gasteiger partial charge in [-0.05, 0) is 37.3 Å². The third-order valence-corrected chi connectivity index (χ3v) is 5.78. The fourth-order valence-corrected chi connectivity index (χ4v) is 4.21. The topological polar surface area (TPSA) is 90.3 Å². The first-order valence-corrected chi connectivity index (χ1v) is 10.2. The monoisotopic (exact) mass is 421 g/mol. The molecule has 0 fully saturated rings. The van der Waals surface area contributed by atoms with Gasteiger partial charge in [0.25, 0.3) is 11.5 Å². The summed E-state index contributed by atoms with van der Waals surface area (Å²) in [5.41, 5.74) is 1.33. The lowest BCUT2D eigenvalue weighted by Crippen LogP contribution is -2.26. The first-order chi connectivity index (χ1) is 14.5. The van der Waals surface area contributed by atoms with Crippen molar-refractivity contribution in [1.82, 2.24) is 9.55 Å². The van der Waals surface area contributed by atoms with Gasteiger partial charge in [-0.2, -0.15) is 0 Å². The SMILES string of the molecule is C=CCn1c(SC(C)C(=O)c2ccc3c(c2)NC(=O)CO3)nc2ccccc2c1=O. The maximum Gasteiger partial charge on any atom is 0.262 e. The Bertz CT molecular complexity index is 1230. The molecule has 0 saturated carbocycles. The van der Waals surface area contributed by atoms with Crippen molar-refractivity contribution in [3.8, 4) is 5.75 Å². The molecule has 1 N–H and O–H groups in total. The largest absolute Gasteiger partial charge is 0.482 e. The van der Waals surface area contributed by atoms with Crippen molar-refractivity contribution < 1.29 is 14.3 Å². The van der Waals surface area contributed by atoms with Gasteiger partial charge in [-0.3, -0.25) is 19.0 Å². The second kappa shape index (κ2) is 8.16. The maximum absolute atomic E-state index is 13.0. The van der Waals surface area contributed by atoms with Gasteiger partial charge < -0.3 is 10.1 Å². The number of nitrogens with one attached hydrogen (secondary N) is 1. The molecule has 4 rings (SSSR count). The molecule has 2 aromatic carbocycles. The van der Waals surface area contributed by atoms with E-state index in [2.05, 4.69) is 16.9 Å². The molecule has 0 spiro atoms. The summed E-state index contributed by atoms with van der Waals surface area (Å²) in [6.07, 6.45) is 1.63. The number of hydrogen-bond donors (Lipinski definition) is 1. The van der Waals surface area contributed by atoms with Crippen LogP contribution in [-0.2, 0) is 11.3 Å². The van der Waals surface area contributed by atoms with Gasteiger partial charge in [0.15, 0.2) is 17.5 Å². The van der Waals surface area contributed by atoms with E-state index in [-0.39, 0.29) is 23.9 Å². The van der Waals surface area contributed by atoms with Crippen LogP contribution in [0.4, 0.5) is 5.69 Å². The Kier molecular flexibility index (Phi) is 5.41. The van der Waals surface area contributed by atoms with E-state index in [0.29, 0.717) is 39.6 Å². The lowest BCUT2D eigenvalue weighted by Gasteiger charge is -2.19. The molecular weight excluding hydrogens is 402 g/mol. The highest BCUT2D eigenvalue weighted by Crippen LogP contribution is 2.31. The van der Waals surface area contributed by atoms with Gasteiger partial charge in [0, 0.05) is 12.1 Å². The minimum absolute atomic E-state index is 0.0407. The minimum Gasteiger partial charge on any atom is -0.482 e. The molecule has 0 saturated heterocycles. The Labute approximate surface area is 176 Å². The number of ketones is 1. The molecule has 1 aromatic heterocycles. The number of carbonyl (C=O) groups is 2. The first-order valence-electron chi connectivity index (χ1n) is 9.36. The summed E-state index contributed by atoms with van der Waals surface area (Å²) in [5, 5.41) is 3.17. The Hall–Kier alpha value is -3.39. The number of nitrogens with zero attached hydrogens (tertiary/aromatic N) is 2. The molecule has 1 amide bonds. The molecule has 7 nitrogen and oxygen atoms in total. The van der Waals surface area contributed by atoms with Gasteiger partial charge in [-0.15, -0.1) is 6.58 Å². The number of thioether (sulfide) groups is 1. The van der Waals surface area contributed by atoms with Crippen LogP contribution in [-0.4, -0.2) is 33.1 Å². The van der Waals surface area contributed by atoms with Gasteiger partial charge in [-0.1, -0.05) is 30.0 Å². The van der Waals surface area contributed by atoms with E-state index < -0.39 is 5.25 Å². The molecule has 1 unspecified atom stereocenters. The van der Waals surface area contributed by atoms with Gasteiger partial charge in [-0.25, -0.2) is 4.98 Å². The standard InChI is InChI=1S/C22H19N3O4S/c1-3-10-25-21(28)15-6-4-5-7-16(15)24-22(25)30-13(2)20(27)14-8-9-18-17(11-14)23-19(26)12-29-18/h3-9,11,13H,1,10,12H2,2H3,(H,23,26). The summed E-state index contributed by atoms with van der Waals surface area (Å²) in [6, 6.07) is 12.1. The van der Waals surface area contributed by atoms with Crippen LogP contribution in [0, 0.1) is 0 Å². The number of hydrogen-bond acceptors (Lipinski definition) is 6. The van der Waals surface area contributed by atoms with Crippen LogP contribution in [0.1, 0.15) is 17.3 Å². The number of para-hydroxylation sites is 1. The summed E-state index contributed by atoms with van der Waals surface area (Å²) in [5.74, 6) is 0.126. The number of allylic oxidation sites excluding steroid dienone is 1. The van der Waals surface area contributed by atoms with Crippen LogP contribution in [0.25, 0.3) is 10.9 Å². The van der Waals surface area contributed by atoms with Crippen molar-refractivity contribution in [1.29, 1.82) is 0 Å². The second-order valence-electron chi connectivity index (χ2n) is 6.79. The predicted molar refractivity (Wildman–Crippen MR) is 116 cm³/mol. The number of anilines is 1. The molecule has 8 heteroatoms. The zero-order valence-electron chi connectivity index (χ0n) is 16.3. The summed E-state index contributed by atoms with van der Waals surface area (Å²) in [7, 11) is 0. The van der Waals surface area contributed by atoms with E-state index in [9.17, 15) is 14.4 Å². The van der Waals surface area contributed by atoms with Crippen molar-refractivity contribution in [3.63, 3.8) is 0 Å². The average molecular weight is 421 g/mol. The number of Topliss-reactive ketones (excluding diaryl/α,β-unsaturated/α-hetero) is 1. The van der Waals surface area contributed by atoms with E-state index in [1.165, 1.54) is 16.3 Å². The molecule has 152 valence electrons. The van der Waals surface area contributed by atoms with Crippen molar-refractivity contribution >= 4 is 40.0 Å². The van der Waals surface area contributed by atoms with Crippen LogP contribution < -0.4 is 15.6 Å². The molecule has 1 atom stereocenters. The zero-order valence-corrected chi connectivity index (χ0v) is 17.1. The molecule has 0 aliphatic carbocycles. The van der Waals surface area contributed by atoms with Crippen LogP contribution in [0.2, 0.25) is 0 Å². The molecule has 2 heterocycles. The van der Waals surface area contributed by atoms with Gasteiger partial charge in [0.1, 0.15) is 5.75 Å². The predicted octanol–water partition coefficient (Wildman–Crippen LogP) is 3.28. The fourth-order valence-electron chi connectivity index (χ4n) is 3.21. The fraction of sp³-hybridized carbons (Fsp3) is 0.182. The van der Waals surface area contributed by atoms with Crippen molar-refractivity contribution in [3.05, 3.63) is 71.0 Å². The highest BCUT2D eigenvalue weighted by Gasteiger charge is 2.23. The van der Waals surface area contributed by atoms with Gasteiger partial charge >= 0.3 is 0 Å². The van der Waals surface area contributed by atoms with E-state index in [1.54, 1.807) is 49.4 Å². The molecule has 0 bridgehead atoms. The normalized spacial score (nSPS) is 13.8.